The van der Waals surface area contributed by atoms with E-state index in [4.69, 9.17) is 11.6 Å². The topological polar surface area (TPSA) is 3.24 Å². The van der Waals surface area contributed by atoms with Gasteiger partial charge in [0.1, 0.15) is 5.82 Å². The molecule has 0 saturated carbocycles. The van der Waals surface area contributed by atoms with Gasteiger partial charge in [-0.25, -0.2) is 4.39 Å². The molecule has 0 N–H and O–H groups in total. The number of para-hydroxylation sites is 1. The maximum atomic E-state index is 13.0. The van der Waals surface area contributed by atoms with Crippen LogP contribution in [0.3, 0.4) is 0 Å². The molecule has 64 valence electrons. The molecule has 0 aromatic heterocycles. The Labute approximate surface area is 88.5 Å². The smallest absolute Gasteiger partial charge is 0.184 e. The fourth-order valence-corrected chi connectivity index (χ4v) is 1.18. The van der Waals surface area contributed by atoms with Gasteiger partial charge in [-0.1, -0.05) is 23.7 Å². The van der Waals surface area contributed by atoms with Crippen LogP contribution in [-0.4, -0.2) is 4.45 Å². The Morgan fingerprint density at radius 1 is 1.50 bits per heavy atom. The zero-order valence-corrected chi connectivity index (χ0v) is 8.96. The molecule has 0 saturated heterocycles. The lowest BCUT2D eigenvalue weighted by molar-refractivity contribution is 0.631. The summed E-state index contributed by atoms with van der Waals surface area (Å²) in [4.78, 5) is 0. The van der Waals surface area contributed by atoms with Crippen molar-refractivity contribution in [3.05, 3.63) is 30.1 Å². The van der Waals surface area contributed by atoms with Gasteiger partial charge in [0.15, 0.2) is 4.45 Å². The highest BCUT2D eigenvalue weighted by atomic mass is 79.9. The first kappa shape index (κ1) is 9.89. The fourth-order valence-electron chi connectivity index (χ4n) is 0.706. The summed E-state index contributed by atoms with van der Waals surface area (Å²) in [6.45, 7) is 0. The van der Waals surface area contributed by atoms with Crippen molar-refractivity contribution in [1.82, 2.24) is 0 Å². The van der Waals surface area contributed by atoms with Crippen LogP contribution in [0.2, 0.25) is 0 Å². The number of hydrogen-bond acceptors (Lipinski definition) is 1. The first-order chi connectivity index (χ1) is 5.63. The molecule has 0 heterocycles. The highest BCUT2D eigenvalue weighted by Crippen LogP contribution is 2.23. The zero-order valence-electron chi connectivity index (χ0n) is 5.80. The quantitative estimate of drug-likeness (QED) is 0.332. The number of anilines is 1. The minimum Gasteiger partial charge on any atom is -0.254 e. The normalized spacial score (nSPS) is 9.58. The molecule has 1 rings (SSSR count). The number of benzene rings is 1. The van der Waals surface area contributed by atoms with Crippen molar-refractivity contribution < 1.29 is 4.39 Å². The minimum atomic E-state index is -0.377. The monoisotopic (exact) mass is 267 g/mol. The average molecular weight is 269 g/mol. The highest BCUT2D eigenvalue weighted by Gasteiger charge is 2.10. The van der Waals surface area contributed by atoms with Crippen LogP contribution in [0.5, 0.6) is 0 Å². The van der Waals surface area contributed by atoms with E-state index in [9.17, 15) is 4.39 Å². The van der Waals surface area contributed by atoms with E-state index < -0.39 is 0 Å². The van der Waals surface area contributed by atoms with Crippen LogP contribution in [0.1, 0.15) is 0 Å². The van der Waals surface area contributed by atoms with Crippen LogP contribution < -0.4 is 3.93 Å². The van der Waals surface area contributed by atoms with E-state index in [1.54, 1.807) is 18.2 Å². The summed E-state index contributed by atoms with van der Waals surface area (Å²) in [6, 6.07) is 6.19. The summed E-state index contributed by atoms with van der Waals surface area (Å²) in [6.07, 6.45) is 0. The molecule has 0 aliphatic heterocycles. The van der Waals surface area contributed by atoms with Gasteiger partial charge in [-0.2, -0.15) is 0 Å². The van der Waals surface area contributed by atoms with E-state index >= 15 is 0 Å². The molecule has 0 radical (unpaired) electrons. The van der Waals surface area contributed by atoms with Crippen LogP contribution in [0.25, 0.3) is 0 Å². The van der Waals surface area contributed by atoms with Gasteiger partial charge in [0.2, 0.25) is 0 Å². The van der Waals surface area contributed by atoms with Crippen LogP contribution in [0.15, 0.2) is 24.3 Å². The summed E-state index contributed by atoms with van der Waals surface area (Å²) in [5.74, 6) is -0.377. The molecule has 0 aliphatic rings. The third kappa shape index (κ3) is 2.15. The van der Waals surface area contributed by atoms with Crippen LogP contribution in [-0.2, 0) is 0 Å². The van der Waals surface area contributed by atoms with Gasteiger partial charge in [-0.3, -0.25) is 3.93 Å². The van der Waals surface area contributed by atoms with Crippen LogP contribution in [0.4, 0.5) is 10.1 Å². The molecule has 0 spiro atoms. The lowest BCUT2D eigenvalue weighted by Gasteiger charge is -2.12. The molecule has 0 unspecified atom stereocenters. The summed E-state index contributed by atoms with van der Waals surface area (Å²) in [5, 5.41) is 0. The molecule has 1 aromatic carbocycles. The van der Waals surface area contributed by atoms with E-state index in [1.165, 1.54) is 9.99 Å². The Morgan fingerprint density at radius 3 is 2.58 bits per heavy atom. The second kappa shape index (κ2) is 4.16. The second-order valence-corrected chi connectivity index (χ2v) is 3.66. The molecular formula is C7H4BrClFNS. The molecule has 0 bridgehead atoms. The molecule has 0 aliphatic carbocycles. The van der Waals surface area contributed by atoms with Crippen molar-refractivity contribution in [2.45, 2.75) is 0 Å². The molecule has 12 heavy (non-hydrogen) atoms. The summed E-state index contributed by atoms with van der Waals surface area (Å²) in [7, 11) is 0. The predicted molar refractivity (Wildman–Crippen MR) is 56.3 cm³/mol. The largest absolute Gasteiger partial charge is 0.254 e. The van der Waals surface area contributed by atoms with E-state index in [-0.39, 0.29) is 10.3 Å². The minimum absolute atomic E-state index is 0.0418. The highest BCUT2D eigenvalue weighted by molar-refractivity contribution is 9.10. The van der Waals surface area contributed by atoms with Crippen molar-refractivity contribution in [3.63, 3.8) is 0 Å². The number of hydrogen-bond donors (Lipinski definition) is 0. The fraction of sp³-hybridized carbons (Fsp3) is 0. The zero-order chi connectivity index (χ0) is 9.14. The molecule has 1 nitrogen and oxygen atoms in total. The molecular weight excluding hydrogens is 265 g/mol. The third-order valence-corrected chi connectivity index (χ3v) is 2.75. The standard InChI is InChI=1S/C7H4BrClFNS/c8-11(7(9)12)6-4-2-1-3-5(6)10/h1-4H. The Hall–Kier alpha value is -0.190. The molecule has 1 aromatic rings. The van der Waals surface area contributed by atoms with Crippen LogP contribution in [0, 0.1) is 5.82 Å². The van der Waals surface area contributed by atoms with E-state index in [2.05, 4.69) is 28.4 Å². The van der Waals surface area contributed by atoms with E-state index in [1.807, 2.05) is 0 Å². The van der Waals surface area contributed by atoms with Gasteiger partial charge in [-0.15, -0.1) is 0 Å². The third-order valence-electron chi connectivity index (χ3n) is 1.22. The van der Waals surface area contributed by atoms with Gasteiger partial charge >= 0.3 is 0 Å². The first-order valence-corrected chi connectivity index (χ1v) is 4.52. The maximum Gasteiger partial charge on any atom is 0.184 e. The van der Waals surface area contributed by atoms with Gasteiger partial charge < -0.3 is 0 Å². The van der Waals surface area contributed by atoms with Crippen molar-refractivity contribution in [1.29, 1.82) is 0 Å². The Bertz CT molecular complexity index is 307. The number of halogens is 3. The van der Waals surface area contributed by atoms with Gasteiger partial charge in [0.25, 0.3) is 0 Å². The van der Waals surface area contributed by atoms with Crippen molar-refractivity contribution in [2.24, 2.45) is 0 Å². The number of rotatable bonds is 1. The average Bonchev–Trinajstić information content (AvgIpc) is 2.04. The van der Waals surface area contributed by atoms with Gasteiger partial charge in [0, 0.05) is 0 Å². The number of nitrogens with zero attached hydrogens (tertiary/aromatic N) is 1. The lowest BCUT2D eigenvalue weighted by atomic mass is 10.3. The van der Waals surface area contributed by atoms with Crippen molar-refractivity contribution in [3.8, 4) is 0 Å². The van der Waals surface area contributed by atoms with Gasteiger partial charge in [0.05, 0.1) is 21.8 Å². The summed E-state index contributed by atoms with van der Waals surface area (Å²) < 4.78 is 14.3. The van der Waals surface area contributed by atoms with Gasteiger partial charge in [-0.05, 0) is 24.4 Å². The van der Waals surface area contributed by atoms with E-state index in [0.717, 1.165) is 0 Å². The van der Waals surface area contributed by atoms with Crippen molar-refractivity contribution in [2.75, 3.05) is 3.93 Å². The molecule has 0 fully saturated rings. The second-order valence-electron chi connectivity index (χ2n) is 1.99. The lowest BCUT2D eigenvalue weighted by Crippen LogP contribution is -2.12. The summed E-state index contributed by atoms with van der Waals surface area (Å²) in [5.41, 5.74) is 0.303. The molecule has 5 heteroatoms. The molecule has 0 atom stereocenters. The Morgan fingerprint density at radius 2 is 2.08 bits per heavy atom. The van der Waals surface area contributed by atoms with Crippen LogP contribution >= 0.6 is 40.0 Å². The maximum absolute atomic E-state index is 13.0. The SMILES string of the molecule is Fc1ccccc1N(Br)C(=S)Cl. The number of thiocarbonyl (C=S) groups is 1. The summed E-state index contributed by atoms with van der Waals surface area (Å²) >= 11 is 13.1. The Balaban J connectivity index is 3.02. The Kier molecular flexibility index (Phi) is 3.43. The molecule has 0 amide bonds. The van der Waals surface area contributed by atoms with E-state index in [0.29, 0.717) is 5.69 Å². The predicted octanol–water partition coefficient (Wildman–Crippen LogP) is 3.47. The van der Waals surface area contributed by atoms with Crippen molar-refractivity contribution >= 4 is 50.1 Å². The first-order valence-electron chi connectivity index (χ1n) is 3.03.